The van der Waals surface area contributed by atoms with Crippen LogP contribution in [0.5, 0.6) is 0 Å². The van der Waals surface area contributed by atoms with Crippen LogP contribution in [0.4, 0.5) is 5.69 Å². The minimum atomic E-state index is 0.337. The monoisotopic (exact) mass is 278 g/mol. The van der Waals surface area contributed by atoms with Crippen molar-refractivity contribution in [3.8, 4) is 0 Å². The average Bonchev–Trinajstić information content (AvgIpc) is 2.74. The first-order valence-corrected chi connectivity index (χ1v) is 7.83. The highest BCUT2D eigenvalue weighted by molar-refractivity contribution is 6.33. The molecule has 19 heavy (non-hydrogen) atoms. The van der Waals surface area contributed by atoms with Gasteiger partial charge in [-0.2, -0.15) is 0 Å². The molecule has 0 unspecified atom stereocenters. The number of halogens is 1. The quantitative estimate of drug-likeness (QED) is 0.841. The predicted octanol–water partition coefficient (Wildman–Crippen LogP) is 3.76. The van der Waals surface area contributed by atoms with Crippen molar-refractivity contribution in [1.82, 2.24) is 5.32 Å². The third kappa shape index (κ3) is 2.75. The van der Waals surface area contributed by atoms with Crippen LogP contribution in [0.25, 0.3) is 0 Å². The molecule has 1 saturated heterocycles. The Balaban J connectivity index is 1.88. The summed E-state index contributed by atoms with van der Waals surface area (Å²) in [6, 6.07) is 6.36. The molecule has 1 spiro atoms. The molecule has 0 amide bonds. The van der Waals surface area contributed by atoms with Crippen LogP contribution in [0.3, 0.4) is 0 Å². The minimum absolute atomic E-state index is 0.337. The molecule has 1 aromatic carbocycles. The van der Waals surface area contributed by atoms with E-state index in [4.69, 9.17) is 11.6 Å². The van der Waals surface area contributed by atoms with Gasteiger partial charge in [0.1, 0.15) is 0 Å². The summed E-state index contributed by atoms with van der Waals surface area (Å²) in [6.45, 7) is 5.50. The third-order valence-corrected chi connectivity index (χ3v) is 4.92. The maximum Gasteiger partial charge on any atom is 0.0639 e. The van der Waals surface area contributed by atoms with Gasteiger partial charge in [0.15, 0.2) is 0 Å². The van der Waals surface area contributed by atoms with Crippen LogP contribution in [0.1, 0.15) is 37.7 Å². The lowest BCUT2D eigenvalue weighted by Crippen LogP contribution is -2.49. The van der Waals surface area contributed by atoms with Crippen LogP contribution in [-0.2, 0) is 0 Å². The highest BCUT2D eigenvalue weighted by Crippen LogP contribution is 2.35. The van der Waals surface area contributed by atoms with E-state index in [1.54, 1.807) is 0 Å². The molecule has 1 saturated carbocycles. The molecule has 3 heteroatoms. The van der Waals surface area contributed by atoms with Crippen molar-refractivity contribution in [3.63, 3.8) is 0 Å². The van der Waals surface area contributed by atoms with Gasteiger partial charge < -0.3 is 10.2 Å². The standard InChI is InChI=1S/C16H23ClN2/c1-13-5-6-14(17)15(11-13)19-10-4-9-18-16(12-19)7-2-3-8-16/h5-6,11,18H,2-4,7-10,12H2,1H3. The highest BCUT2D eigenvalue weighted by atomic mass is 35.5. The Labute approximate surface area is 121 Å². The van der Waals surface area contributed by atoms with E-state index in [1.807, 2.05) is 6.07 Å². The van der Waals surface area contributed by atoms with Gasteiger partial charge in [0.25, 0.3) is 0 Å². The van der Waals surface area contributed by atoms with Gasteiger partial charge >= 0.3 is 0 Å². The molecule has 0 atom stereocenters. The van der Waals surface area contributed by atoms with Crippen molar-refractivity contribution < 1.29 is 0 Å². The van der Waals surface area contributed by atoms with Crippen molar-refractivity contribution in [1.29, 1.82) is 0 Å². The summed E-state index contributed by atoms with van der Waals surface area (Å²) < 4.78 is 0. The number of nitrogens with zero attached hydrogens (tertiary/aromatic N) is 1. The van der Waals surface area contributed by atoms with Crippen molar-refractivity contribution in [2.45, 2.75) is 44.6 Å². The van der Waals surface area contributed by atoms with E-state index in [2.05, 4.69) is 29.3 Å². The van der Waals surface area contributed by atoms with Gasteiger partial charge in [-0.1, -0.05) is 30.5 Å². The molecule has 1 heterocycles. The molecular weight excluding hydrogens is 256 g/mol. The number of anilines is 1. The first-order valence-electron chi connectivity index (χ1n) is 7.45. The molecule has 1 N–H and O–H groups in total. The van der Waals surface area contributed by atoms with Crippen molar-refractivity contribution >= 4 is 17.3 Å². The molecule has 2 aliphatic rings. The van der Waals surface area contributed by atoms with Gasteiger partial charge in [0.2, 0.25) is 0 Å². The van der Waals surface area contributed by atoms with Crippen molar-refractivity contribution in [2.75, 3.05) is 24.5 Å². The first-order chi connectivity index (χ1) is 9.19. The van der Waals surface area contributed by atoms with Gasteiger partial charge in [0.05, 0.1) is 10.7 Å². The van der Waals surface area contributed by atoms with Gasteiger partial charge in [-0.05, 0) is 50.4 Å². The summed E-state index contributed by atoms with van der Waals surface area (Å²) in [6.07, 6.45) is 6.55. The summed E-state index contributed by atoms with van der Waals surface area (Å²) in [4.78, 5) is 2.50. The van der Waals surface area contributed by atoms with Crippen LogP contribution in [0.2, 0.25) is 5.02 Å². The van der Waals surface area contributed by atoms with Gasteiger partial charge in [-0.3, -0.25) is 0 Å². The summed E-state index contributed by atoms with van der Waals surface area (Å²) in [5.41, 5.74) is 2.84. The Kier molecular flexibility index (Phi) is 3.72. The maximum atomic E-state index is 6.42. The third-order valence-electron chi connectivity index (χ3n) is 4.60. The molecule has 104 valence electrons. The lowest BCUT2D eigenvalue weighted by Gasteiger charge is -2.35. The Hall–Kier alpha value is -0.730. The molecule has 1 aromatic rings. The second-order valence-electron chi connectivity index (χ2n) is 6.14. The molecule has 2 fully saturated rings. The SMILES string of the molecule is Cc1ccc(Cl)c(N2CCCNC3(CCCC3)C2)c1. The van der Waals surface area contributed by atoms with E-state index < -0.39 is 0 Å². The molecule has 2 nitrogen and oxygen atoms in total. The first kappa shape index (κ1) is 13.3. The summed E-state index contributed by atoms with van der Waals surface area (Å²) >= 11 is 6.42. The summed E-state index contributed by atoms with van der Waals surface area (Å²) in [5.74, 6) is 0. The predicted molar refractivity (Wildman–Crippen MR) is 82.2 cm³/mol. The van der Waals surface area contributed by atoms with E-state index in [0.717, 1.165) is 24.7 Å². The Morgan fingerprint density at radius 1 is 1.21 bits per heavy atom. The van der Waals surface area contributed by atoms with Crippen molar-refractivity contribution in [2.24, 2.45) is 0 Å². The molecule has 0 radical (unpaired) electrons. The Morgan fingerprint density at radius 3 is 2.79 bits per heavy atom. The van der Waals surface area contributed by atoms with Gasteiger partial charge in [-0.25, -0.2) is 0 Å². The number of hydrogen-bond donors (Lipinski definition) is 1. The fourth-order valence-corrected chi connectivity index (χ4v) is 3.82. The molecule has 3 rings (SSSR count). The summed E-state index contributed by atoms with van der Waals surface area (Å²) in [5, 5.41) is 4.70. The second-order valence-corrected chi connectivity index (χ2v) is 6.55. The smallest absolute Gasteiger partial charge is 0.0639 e. The topological polar surface area (TPSA) is 15.3 Å². The summed E-state index contributed by atoms with van der Waals surface area (Å²) in [7, 11) is 0. The minimum Gasteiger partial charge on any atom is -0.368 e. The highest BCUT2D eigenvalue weighted by Gasteiger charge is 2.36. The zero-order valence-corrected chi connectivity index (χ0v) is 12.5. The number of benzene rings is 1. The fourth-order valence-electron chi connectivity index (χ4n) is 3.58. The van der Waals surface area contributed by atoms with Crippen LogP contribution in [0, 0.1) is 6.92 Å². The Morgan fingerprint density at radius 2 is 2.00 bits per heavy atom. The number of nitrogens with one attached hydrogen (secondary N) is 1. The van der Waals surface area contributed by atoms with E-state index in [1.165, 1.54) is 43.4 Å². The van der Waals surface area contributed by atoms with Crippen LogP contribution in [0.15, 0.2) is 18.2 Å². The molecule has 0 bridgehead atoms. The fraction of sp³-hybridized carbons (Fsp3) is 0.625. The van der Waals surface area contributed by atoms with Crippen LogP contribution in [-0.4, -0.2) is 25.2 Å². The van der Waals surface area contributed by atoms with E-state index in [0.29, 0.717) is 5.54 Å². The zero-order chi connectivity index (χ0) is 13.3. The molecule has 1 aliphatic carbocycles. The second kappa shape index (κ2) is 5.34. The number of aryl methyl sites for hydroxylation is 1. The Bertz CT molecular complexity index is 452. The van der Waals surface area contributed by atoms with Gasteiger partial charge in [-0.15, -0.1) is 0 Å². The van der Waals surface area contributed by atoms with E-state index >= 15 is 0 Å². The van der Waals surface area contributed by atoms with Gasteiger partial charge in [0, 0.05) is 18.6 Å². The number of hydrogen-bond acceptors (Lipinski definition) is 2. The zero-order valence-electron chi connectivity index (χ0n) is 11.7. The lowest BCUT2D eigenvalue weighted by molar-refractivity contribution is 0.354. The molecule has 0 aromatic heterocycles. The van der Waals surface area contributed by atoms with E-state index in [9.17, 15) is 0 Å². The molecular formula is C16H23ClN2. The van der Waals surface area contributed by atoms with Crippen molar-refractivity contribution in [3.05, 3.63) is 28.8 Å². The van der Waals surface area contributed by atoms with Crippen LogP contribution >= 0.6 is 11.6 Å². The molecule has 1 aliphatic heterocycles. The maximum absolute atomic E-state index is 6.42. The van der Waals surface area contributed by atoms with E-state index in [-0.39, 0.29) is 0 Å². The number of rotatable bonds is 1. The lowest BCUT2D eigenvalue weighted by atomic mass is 9.97. The average molecular weight is 279 g/mol. The van der Waals surface area contributed by atoms with Crippen LogP contribution < -0.4 is 10.2 Å². The largest absolute Gasteiger partial charge is 0.368 e. The normalized spacial score (nSPS) is 22.7.